The van der Waals surface area contributed by atoms with Crippen LogP contribution in [0, 0.1) is 26.6 Å². The molecule has 1 heterocycles. The van der Waals surface area contributed by atoms with Crippen LogP contribution in [-0.2, 0) is 0 Å². The fraction of sp³-hybridized carbons (Fsp3) is 0.167. The molecule has 0 saturated heterocycles. The van der Waals surface area contributed by atoms with Gasteiger partial charge in [0.25, 0.3) is 0 Å². The number of aryl methyl sites for hydroxylation is 3. The Balaban J connectivity index is 2.12. The van der Waals surface area contributed by atoms with Gasteiger partial charge < -0.3 is 4.42 Å². The summed E-state index contributed by atoms with van der Waals surface area (Å²) in [7, 11) is 0. The maximum absolute atomic E-state index is 14.1. The normalized spacial score (nSPS) is 11.0. The zero-order valence-corrected chi connectivity index (χ0v) is 12.2. The lowest BCUT2D eigenvalue weighted by Gasteiger charge is -2.06. The lowest BCUT2D eigenvalue weighted by Crippen LogP contribution is -2.06. The van der Waals surface area contributed by atoms with Crippen LogP contribution in [0.25, 0.3) is 11.0 Å². The van der Waals surface area contributed by atoms with Crippen LogP contribution in [0.3, 0.4) is 0 Å². The molecule has 3 heteroatoms. The van der Waals surface area contributed by atoms with Crippen LogP contribution in [0.2, 0.25) is 0 Å². The quantitative estimate of drug-likeness (QED) is 0.636. The Hall–Kier alpha value is -2.42. The largest absolute Gasteiger partial charge is 0.453 e. The summed E-state index contributed by atoms with van der Waals surface area (Å²) < 4.78 is 19.7. The summed E-state index contributed by atoms with van der Waals surface area (Å²) in [6.45, 7) is 5.50. The molecule has 106 valence electrons. The summed E-state index contributed by atoms with van der Waals surface area (Å²) in [5, 5.41) is 0.850. The Labute approximate surface area is 122 Å². The Morgan fingerprint density at radius 2 is 1.76 bits per heavy atom. The number of halogens is 1. The van der Waals surface area contributed by atoms with Crippen LogP contribution in [0.5, 0.6) is 0 Å². The highest BCUT2D eigenvalue weighted by atomic mass is 19.1. The molecule has 2 aromatic carbocycles. The third-order valence-electron chi connectivity index (χ3n) is 3.55. The Bertz CT molecular complexity index is 836. The summed E-state index contributed by atoms with van der Waals surface area (Å²) in [4.78, 5) is 12.5. The van der Waals surface area contributed by atoms with Crippen molar-refractivity contribution in [3.05, 3.63) is 70.2 Å². The Morgan fingerprint density at radius 3 is 2.48 bits per heavy atom. The van der Waals surface area contributed by atoms with E-state index in [1.165, 1.54) is 6.07 Å². The molecule has 0 bridgehead atoms. The zero-order chi connectivity index (χ0) is 15.1. The number of hydrogen-bond donors (Lipinski definition) is 0. The van der Waals surface area contributed by atoms with Crippen molar-refractivity contribution in [2.45, 2.75) is 20.8 Å². The number of fused-ring (bicyclic) bond motifs is 1. The highest BCUT2D eigenvalue weighted by Crippen LogP contribution is 2.25. The van der Waals surface area contributed by atoms with Gasteiger partial charge in [0.05, 0.1) is 5.56 Å². The van der Waals surface area contributed by atoms with Crippen LogP contribution in [0.15, 0.2) is 40.8 Å². The summed E-state index contributed by atoms with van der Waals surface area (Å²) in [6.07, 6.45) is 0. The summed E-state index contributed by atoms with van der Waals surface area (Å²) in [5.74, 6) is -0.755. The first-order valence-corrected chi connectivity index (χ1v) is 6.77. The van der Waals surface area contributed by atoms with E-state index < -0.39 is 11.6 Å². The Kier molecular flexibility index (Phi) is 3.13. The molecule has 0 aliphatic carbocycles. The first-order valence-electron chi connectivity index (χ1n) is 6.77. The van der Waals surface area contributed by atoms with E-state index in [0.717, 1.165) is 16.5 Å². The predicted molar refractivity (Wildman–Crippen MR) is 80.3 cm³/mol. The maximum Gasteiger partial charge on any atom is 0.231 e. The minimum atomic E-state index is -0.505. The number of furan rings is 1. The van der Waals surface area contributed by atoms with Gasteiger partial charge in [-0.2, -0.15) is 0 Å². The molecule has 0 radical (unpaired) electrons. The second kappa shape index (κ2) is 4.85. The van der Waals surface area contributed by atoms with Crippen molar-refractivity contribution in [3.63, 3.8) is 0 Å². The first-order chi connectivity index (χ1) is 9.95. The standard InChI is InChI=1S/C18H15FO2/c1-10-4-5-15-13(7-10)9-16(21-15)18(20)17-12(3)6-11(2)8-14(17)19/h4-9H,1-3H3. The second-order valence-corrected chi connectivity index (χ2v) is 5.42. The third-order valence-corrected chi connectivity index (χ3v) is 3.55. The fourth-order valence-corrected chi connectivity index (χ4v) is 2.60. The van der Waals surface area contributed by atoms with Crippen molar-refractivity contribution in [1.29, 1.82) is 0 Å². The number of carbonyl (C=O) groups excluding carboxylic acids is 1. The first kappa shape index (κ1) is 13.6. The second-order valence-electron chi connectivity index (χ2n) is 5.42. The highest BCUT2D eigenvalue weighted by molar-refractivity contribution is 6.10. The third kappa shape index (κ3) is 2.35. The van der Waals surface area contributed by atoms with E-state index in [-0.39, 0.29) is 11.3 Å². The summed E-state index contributed by atoms with van der Waals surface area (Å²) >= 11 is 0. The molecule has 0 N–H and O–H groups in total. The molecular weight excluding hydrogens is 267 g/mol. The van der Waals surface area contributed by atoms with Gasteiger partial charge in [0.1, 0.15) is 11.4 Å². The molecule has 0 fully saturated rings. The highest BCUT2D eigenvalue weighted by Gasteiger charge is 2.20. The van der Waals surface area contributed by atoms with Gasteiger partial charge in [0, 0.05) is 5.39 Å². The molecule has 0 amide bonds. The van der Waals surface area contributed by atoms with E-state index in [9.17, 15) is 9.18 Å². The van der Waals surface area contributed by atoms with Crippen molar-refractivity contribution in [3.8, 4) is 0 Å². The molecule has 0 saturated carbocycles. The van der Waals surface area contributed by atoms with Crippen LogP contribution < -0.4 is 0 Å². The zero-order valence-electron chi connectivity index (χ0n) is 12.2. The number of carbonyl (C=O) groups is 1. The molecule has 0 unspecified atom stereocenters. The van der Waals surface area contributed by atoms with E-state index in [4.69, 9.17) is 4.42 Å². The van der Waals surface area contributed by atoms with Crippen molar-refractivity contribution >= 4 is 16.8 Å². The van der Waals surface area contributed by atoms with Gasteiger partial charge in [-0.1, -0.05) is 17.7 Å². The minimum Gasteiger partial charge on any atom is -0.453 e. The van der Waals surface area contributed by atoms with E-state index in [2.05, 4.69) is 0 Å². The van der Waals surface area contributed by atoms with Crippen LogP contribution in [0.4, 0.5) is 4.39 Å². The molecule has 2 nitrogen and oxygen atoms in total. The van der Waals surface area contributed by atoms with E-state index in [0.29, 0.717) is 11.1 Å². The molecule has 1 aromatic heterocycles. The molecule has 0 aliphatic rings. The molecule has 3 rings (SSSR count). The topological polar surface area (TPSA) is 30.2 Å². The van der Waals surface area contributed by atoms with Gasteiger partial charge in [-0.3, -0.25) is 4.79 Å². The van der Waals surface area contributed by atoms with Gasteiger partial charge in [-0.05, 0) is 56.2 Å². The van der Waals surface area contributed by atoms with Gasteiger partial charge in [-0.25, -0.2) is 4.39 Å². The van der Waals surface area contributed by atoms with E-state index >= 15 is 0 Å². The van der Waals surface area contributed by atoms with Crippen molar-refractivity contribution in [2.24, 2.45) is 0 Å². The van der Waals surface area contributed by atoms with Crippen molar-refractivity contribution in [1.82, 2.24) is 0 Å². The molecule has 0 spiro atoms. The van der Waals surface area contributed by atoms with Gasteiger partial charge >= 0.3 is 0 Å². The predicted octanol–water partition coefficient (Wildman–Crippen LogP) is 4.73. The lowest BCUT2D eigenvalue weighted by atomic mass is 10.00. The number of benzene rings is 2. The monoisotopic (exact) mass is 282 g/mol. The lowest BCUT2D eigenvalue weighted by molar-refractivity contribution is 0.101. The number of rotatable bonds is 2. The Morgan fingerprint density at radius 1 is 1.00 bits per heavy atom. The van der Waals surface area contributed by atoms with E-state index in [1.54, 1.807) is 26.0 Å². The van der Waals surface area contributed by atoms with Gasteiger partial charge in [0.2, 0.25) is 5.78 Å². The van der Waals surface area contributed by atoms with E-state index in [1.807, 2.05) is 25.1 Å². The summed E-state index contributed by atoms with van der Waals surface area (Å²) in [6, 6.07) is 10.5. The minimum absolute atomic E-state index is 0.0800. The molecule has 0 atom stereocenters. The molecule has 3 aromatic rings. The van der Waals surface area contributed by atoms with Crippen molar-refractivity contribution < 1.29 is 13.6 Å². The number of hydrogen-bond acceptors (Lipinski definition) is 2. The van der Waals surface area contributed by atoms with Crippen LogP contribution in [0.1, 0.15) is 32.8 Å². The molecular formula is C18H15FO2. The van der Waals surface area contributed by atoms with Crippen LogP contribution >= 0.6 is 0 Å². The summed E-state index contributed by atoms with van der Waals surface area (Å²) in [5.41, 5.74) is 3.21. The average Bonchev–Trinajstić information content (AvgIpc) is 2.80. The molecule has 21 heavy (non-hydrogen) atoms. The van der Waals surface area contributed by atoms with Crippen LogP contribution in [-0.4, -0.2) is 5.78 Å². The van der Waals surface area contributed by atoms with Gasteiger partial charge in [-0.15, -0.1) is 0 Å². The maximum atomic E-state index is 14.1. The van der Waals surface area contributed by atoms with Gasteiger partial charge in [0.15, 0.2) is 5.76 Å². The van der Waals surface area contributed by atoms with Crippen molar-refractivity contribution in [2.75, 3.05) is 0 Å². The smallest absolute Gasteiger partial charge is 0.231 e. The average molecular weight is 282 g/mol. The fourth-order valence-electron chi connectivity index (χ4n) is 2.60. The number of ketones is 1. The molecule has 0 aliphatic heterocycles. The SMILES string of the molecule is Cc1cc(C)c(C(=O)c2cc3cc(C)ccc3o2)c(F)c1.